The van der Waals surface area contributed by atoms with Crippen LogP contribution in [0.15, 0.2) is 24.5 Å². The third-order valence-corrected chi connectivity index (χ3v) is 2.91. The predicted octanol–water partition coefficient (Wildman–Crippen LogP) is 4.32. The Balaban J connectivity index is 2.91. The smallest absolute Gasteiger partial charge is 0.150 e. The molecule has 0 unspecified atom stereocenters. The van der Waals surface area contributed by atoms with E-state index in [2.05, 4.69) is 4.98 Å². The van der Waals surface area contributed by atoms with Gasteiger partial charge in [-0.2, -0.15) is 0 Å². The monoisotopic (exact) mass is 237 g/mol. The molecule has 1 aromatic heterocycles. The molecule has 0 spiro atoms. The van der Waals surface area contributed by atoms with Gasteiger partial charge in [0.25, 0.3) is 0 Å². The molecule has 84 valence electrons. The molecule has 0 fully saturated rings. The Morgan fingerprint density at radius 2 is 1.88 bits per heavy atom. The van der Waals surface area contributed by atoms with Crippen molar-refractivity contribution in [3.63, 3.8) is 0 Å². The van der Waals surface area contributed by atoms with Crippen LogP contribution in [-0.4, -0.2) is 4.98 Å². The summed E-state index contributed by atoms with van der Waals surface area (Å²) in [6.07, 6.45) is 3.37. The first-order valence-electron chi connectivity index (χ1n) is 5.13. The van der Waals surface area contributed by atoms with Crippen LogP contribution in [0.4, 0.5) is 4.39 Å². The molecule has 0 saturated heterocycles. The molecule has 1 nitrogen and oxygen atoms in total. The summed E-state index contributed by atoms with van der Waals surface area (Å²) in [5, 5.41) is 1.52. The molecule has 0 bridgehead atoms. The van der Waals surface area contributed by atoms with E-state index >= 15 is 0 Å². The minimum absolute atomic E-state index is 0.155. The van der Waals surface area contributed by atoms with Gasteiger partial charge in [-0.05, 0) is 17.0 Å². The van der Waals surface area contributed by atoms with Crippen LogP contribution >= 0.6 is 11.6 Å². The Bertz CT molecular complexity index is 543. The zero-order valence-electron chi connectivity index (χ0n) is 9.51. The van der Waals surface area contributed by atoms with E-state index in [1.165, 1.54) is 0 Å². The van der Waals surface area contributed by atoms with Gasteiger partial charge in [-0.25, -0.2) is 4.39 Å². The minimum atomic E-state index is -0.355. The molecule has 0 amide bonds. The van der Waals surface area contributed by atoms with Gasteiger partial charge in [0, 0.05) is 23.2 Å². The van der Waals surface area contributed by atoms with Crippen molar-refractivity contribution in [3.05, 3.63) is 40.9 Å². The van der Waals surface area contributed by atoms with Gasteiger partial charge >= 0.3 is 0 Å². The SMILES string of the molecule is CC(C)(C)c1cncc2ccc(Cl)c(F)c12. The molecule has 0 atom stereocenters. The molecule has 0 N–H and O–H groups in total. The van der Waals surface area contributed by atoms with Crippen molar-refractivity contribution >= 4 is 22.4 Å². The van der Waals surface area contributed by atoms with Crippen LogP contribution in [0.25, 0.3) is 10.8 Å². The van der Waals surface area contributed by atoms with Crippen molar-refractivity contribution in [3.8, 4) is 0 Å². The molecule has 0 saturated carbocycles. The minimum Gasteiger partial charge on any atom is -0.264 e. The Labute approximate surface area is 99.3 Å². The van der Waals surface area contributed by atoms with E-state index in [-0.39, 0.29) is 16.3 Å². The number of hydrogen-bond acceptors (Lipinski definition) is 1. The summed E-state index contributed by atoms with van der Waals surface area (Å²) in [4.78, 5) is 4.14. The van der Waals surface area contributed by atoms with Crippen LogP contribution in [0.1, 0.15) is 26.3 Å². The predicted molar refractivity (Wildman–Crippen MR) is 65.4 cm³/mol. The molecule has 0 aliphatic carbocycles. The lowest BCUT2D eigenvalue weighted by Gasteiger charge is -2.21. The normalized spacial score (nSPS) is 12.1. The van der Waals surface area contributed by atoms with E-state index < -0.39 is 0 Å². The zero-order valence-corrected chi connectivity index (χ0v) is 10.3. The number of pyridine rings is 1. The lowest BCUT2D eigenvalue weighted by Crippen LogP contribution is -2.12. The van der Waals surface area contributed by atoms with Crippen LogP contribution < -0.4 is 0 Å². The Hall–Kier alpha value is -1.15. The second-order valence-corrected chi connectivity index (χ2v) is 5.30. The van der Waals surface area contributed by atoms with E-state index in [1.807, 2.05) is 20.8 Å². The van der Waals surface area contributed by atoms with Crippen molar-refractivity contribution in [2.24, 2.45) is 0 Å². The average molecular weight is 238 g/mol. The van der Waals surface area contributed by atoms with E-state index in [0.29, 0.717) is 5.39 Å². The van der Waals surface area contributed by atoms with Crippen LogP contribution in [-0.2, 0) is 5.41 Å². The Kier molecular flexibility index (Phi) is 2.62. The van der Waals surface area contributed by atoms with Crippen molar-refractivity contribution < 1.29 is 4.39 Å². The molecule has 0 radical (unpaired) electrons. The van der Waals surface area contributed by atoms with Gasteiger partial charge in [-0.3, -0.25) is 4.98 Å². The number of halogens is 2. The highest BCUT2D eigenvalue weighted by Crippen LogP contribution is 2.33. The number of hydrogen-bond donors (Lipinski definition) is 0. The second kappa shape index (κ2) is 3.70. The first-order valence-corrected chi connectivity index (χ1v) is 5.51. The fourth-order valence-electron chi connectivity index (χ4n) is 1.77. The quantitative estimate of drug-likeness (QED) is 0.665. The van der Waals surface area contributed by atoms with E-state index in [9.17, 15) is 4.39 Å². The third-order valence-electron chi connectivity index (χ3n) is 2.62. The van der Waals surface area contributed by atoms with Crippen LogP contribution in [0, 0.1) is 5.82 Å². The summed E-state index contributed by atoms with van der Waals surface area (Å²) in [6.45, 7) is 6.09. The highest BCUT2D eigenvalue weighted by atomic mass is 35.5. The third kappa shape index (κ3) is 1.78. The van der Waals surface area contributed by atoms with Crippen molar-refractivity contribution in [2.75, 3.05) is 0 Å². The largest absolute Gasteiger partial charge is 0.264 e. The zero-order chi connectivity index (χ0) is 11.9. The molecule has 1 heterocycles. The standard InChI is InChI=1S/C13H13ClFN/c1-13(2,3)9-7-16-6-8-4-5-10(14)12(15)11(8)9/h4-7H,1-3H3. The number of rotatable bonds is 0. The van der Waals surface area contributed by atoms with E-state index in [4.69, 9.17) is 11.6 Å². The molecule has 1 aromatic carbocycles. The van der Waals surface area contributed by atoms with Gasteiger partial charge in [0.15, 0.2) is 0 Å². The fourth-order valence-corrected chi connectivity index (χ4v) is 1.93. The van der Waals surface area contributed by atoms with Gasteiger partial charge in [0.1, 0.15) is 5.82 Å². The summed E-state index contributed by atoms with van der Waals surface area (Å²) in [6, 6.07) is 3.36. The summed E-state index contributed by atoms with van der Waals surface area (Å²) >= 11 is 5.81. The molecule has 0 aliphatic rings. The van der Waals surface area contributed by atoms with Gasteiger partial charge in [-0.1, -0.05) is 38.4 Å². The molecule has 3 heteroatoms. The van der Waals surface area contributed by atoms with Crippen molar-refractivity contribution in [2.45, 2.75) is 26.2 Å². The molecule has 2 aromatic rings. The lowest BCUT2D eigenvalue weighted by molar-refractivity contribution is 0.584. The van der Waals surface area contributed by atoms with Gasteiger partial charge in [0.2, 0.25) is 0 Å². The van der Waals surface area contributed by atoms with Crippen LogP contribution in [0.3, 0.4) is 0 Å². The summed E-state index contributed by atoms with van der Waals surface area (Å²) in [5.74, 6) is -0.355. The number of fused-ring (bicyclic) bond motifs is 1. The summed E-state index contributed by atoms with van der Waals surface area (Å²) < 4.78 is 14.0. The number of benzene rings is 1. The molecule has 16 heavy (non-hydrogen) atoms. The second-order valence-electron chi connectivity index (χ2n) is 4.90. The Morgan fingerprint density at radius 1 is 1.19 bits per heavy atom. The molecule has 0 aliphatic heterocycles. The number of aromatic nitrogens is 1. The lowest BCUT2D eigenvalue weighted by atomic mass is 9.85. The molecule has 2 rings (SSSR count). The average Bonchev–Trinajstić information content (AvgIpc) is 2.21. The van der Waals surface area contributed by atoms with Crippen LogP contribution in [0.2, 0.25) is 5.02 Å². The van der Waals surface area contributed by atoms with E-state index in [0.717, 1.165) is 10.9 Å². The van der Waals surface area contributed by atoms with Gasteiger partial charge in [0.05, 0.1) is 5.02 Å². The Morgan fingerprint density at radius 3 is 2.50 bits per heavy atom. The van der Waals surface area contributed by atoms with Gasteiger partial charge in [-0.15, -0.1) is 0 Å². The summed E-state index contributed by atoms with van der Waals surface area (Å²) in [7, 11) is 0. The molecular formula is C13H13ClFN. The molecular weight excluding hydrogens is 225 g/mol. The first-order chi connectivity index (χ1) is 7.41. The topological polar surface area (TPSA) is 12.9 Å². The van der Waals surface area contributed by atoms with Crippen LogP contribution in [0.5, 0.6) is 0 Å². The van der Waals surface area contributed by atoms with Crippen molar-refractivity contribution in [1.29, 1.82) is 0 Å². The fraction of sp³-hybridized carbons (Fsp3) is 0.308. The highest BCUT2D eigenvalue weighted by Gasteiger charge is 2.20. The maximum absolute atomic E-state index is 14.0. The van der Waals surface area contributed by atoms with Crippen molar-refractivity contribution in [1.82, 2.24) is 4.98 Å². The van der Waals surface area contributed by atoms with E-state index in [1.54, 1.807) is 24.5 Å². The van der Waals surface area contributed by atoms with Gasteiger partial charge < -0.3 is 0 Å². The number of nitrogens with zero attached hydrogens (tertiary/aromatic N) is 1. The maximum atomic E-state index is 14.0. The highest BCUT2D eigenvalue weighted by molar-refractivity contribution is 6.31. The maximum Gasteiger partial charge on any atom is 0.150 e. The summed E-state index contributed by atoms with van der Waals surface area (Å²) in [5.41, 5.74) is 0.725. The first kappa shape index (κ1) is 11.3.